The van der Waals surface area contributed by atoms with Gasteiger partial charge in [0.1, 0.15) is 0 Å². The van der Waals surface area contributed by atoms with Crippen LogP contribution in [0.15, 0.2) is 0 Å². The highest BCUT2D eigenvalue weighted by Crippen LogP contribution is 2.23. The van der Waals surface area contributed by atoms with E-state index < -0.39 is 10.0 Å². The Morgan fingerprint density at radius 3 is 2.43 bits per heavy atom. The monoisotopic (exact) mass is 221 g/mol. The molecular weight excluding hydrogens is 202 g/mol. The average Bonchev–Trinajstić information content (AvgIpc) is 2.13. The Balaban J connectivity index is 2.03. The van der Waals surface area contributed by atoms with Crippen molar-refractivity contribution in [3.05, 3.63) is 0 Å². The van der Waals surface area contributed by atoms with Gasteiger partial charge in [0.05, 0.1) is 12.4 Å². The SMILES string of the molecule is NS(=O)(=O)CCOCC1CCCCC1. The maximum atomic E-state index is 10.6. The van der Waals surface area contributed by atoms with Gasteiger partial charge in [0, 0.05) is 6.61 Å². The second-order valence-corrected chi connectivity index (χ2v) is 5.68. The number of hydrogen-bond donors (Lipinski definition) is 1. The summed E-state index contributed by atoms with van der Waals surface area (Å²) in [6.07, 6.45) is 6.32. The maximum Gasteiger partial charge on any atom is 0.211 e. The van der Waals surface area contributed by atoms with Crippen LogP contribution in [0.2, 0.25) is 0 Å². The van der Waals surface area contributed by atoms with E-state index in [2.05, 4.69) is 0 Å². The first-order valence-electron chi connectivity index (χ1n) is 5.16. The summed E-state index contributed by atoms with van der Waals surface area (Å²) < 4.78 is 26.5. The molecule has 0 aromatic rings. The Hall–Kier alpha value is -0.130. The van der Waals surface area contributed by atoms with Crippen LogP contribution in [0.4, 0.5) is 0 Å². The van der Waals surface area contributed by atoms with Crippen LogP contribution in [0.25, 0.3) is 0 Å². The average molecular weight is 221 g/mol. The first-order valence-corrected chi connectivity index (χ1v) is 6.88. The summed E-state index contributed by atoms with van der Waals surface area (Å²) in [4.78, 5) is 0. The lowest BCUT2D eigenvalue weighted by Gasteiger charge is -2.21. The summed E-state index contributed by atoms with van der Waals surface area (Å²) >= 11 is 0. The molecule has 0 aromatic heterocycles. The minimum absolute atomic E-state index is 0.0697. The van der Waals surface area contributed by atoms with Crippen LogP contribution in [0.1, 0.15) is 32.1 Å². The summed E-state index contributed by atoms with van der Waals surface area (Å²) in [5.41, 5.74) is 0. The summed E-state index contributed by atoms with van der Waals surface area (Å²) in [6, 6.07) is 0. The first kappa shape index (κ1) is 11.9. The standard InChI is InChI=1S/C9H19NO3S/c10-14(11,12)7-6-13-8-9-4-2-1-3-5-9/h9H,1-8H2,(H2,10,11,12). The minimum atomic E-state index is -3.35. The summed E-state index contributed by atoms with van der Waals surface area (Å²) in [6.45, 7) is 0.921. The molecule has 0 heterocycles. The molecule has 0 spiro atoms. The molecule has 0 atom stereocenters. The van der Waals surface area contributed by atoms with Gasteiger partial charge in [0.25, 0.3) is 0 Å². The molecule has 1 saturated carbocycles. The molecule has 0 unspecified atom stereocenters. The Morgan fingerprint density at radius 1 is 1.21 bits per heavy atom. The molecule has 0 aliphatic heterocycles. The van der Waals surface area contributed by atoms with Gasteiger partial charge in [0.15, 0.2) is 0 Å². The Bertz CT molecular complexity index is 245. The fraction of sp³-hybridized carbons (Fsp3) is 1.00. The van der Waals surface area contributed by atoms with Crippen LogP contribution >= 0.6 is 0 Å². The summed E-state index contributed by atoms with van der Waals surface area (Å²) in [5, 5.41) is 4.85. The van der Waals surface area contributed by atoms with Gasteiger partial charge in [0.2, 0.25) is 10.0 Å². The molecule has 1 aliphatic carbocycles. The van der Waals surface area contributed by atoms with Gasteiger partial charge < -0.3 is 4.74 Å². The molecule has 0 saturated heterocycles. The molecule has 4 nitrogen and oxygen atoms in total. The fourth-order valence-corrected chi connectivity index (χ4v) is 2.13. The number of rotatable bonds is 5. The molecular formula is C9H19NO3S. The van der Waals surface area contributed by atoms with Crippen LogP contribution in [0.5, 0.6) is 0 Å². The van der Waals surface area contributed by atoms with E-state index >= 15 is 0 Å². The highest BCUT2D eigenvalue weighted by Gasteiger charge is 2.13. The summed E-state index contributed by atoms with van der Waals surface area (Å²) in [5.74, 6) is 0.559. The van der Waals surface area contributed by atoms with Crippen molar-refractivity contribution in [2.75, 3.05) is 19.0 Å². The van der Waals surface area contributed by atoms with E-state index in [0.717, 1.165) is 0 Å². The van der Waals surface area contributed by atoms with Crippen molar-refractivity contribution in [1.82, 2.24) is 0 Å². The molecule has 0 amide bonds. The van der Waals surface area contributed by atoms with E-state index in [1.54, 1.807) is 0 Å². The zero-order chi connectivity index (χ0) is 10.4. The van der Waals surface area contributed by atoms with Crippen molar-refractivity contribution in [3.63, 3.8) is 0 Å². The van der Waals surface area contributed by atoms with E-state index in [0.29, 0.717) is 12.5 Å². The Morgan fingerprint density at radius 2 is 1.86 bits per heavy atom. The molecule has 0 aromatic carbocycles. The lowest BCUT2D eigenvalue weighted by atomic mass is 9.90. The molecule has 0 radical (unpaired) electrons. The number of primary sulfonamides is 1. The van der Waals surface area contributed by atoms with E-state index in [1.807, 2.05) is 0 Å². The zero-order valence-corrected chi connectivity index (χ0v) is 9.26. The second-order valence-electron chi connectivity index (χ2n) is 3.95. The maximum absolute atomic E-state index is 10.6. The third kappa shape index (κ3) is 5.57. The molecule has 1 fully saturated rings. The molecule has 14 heavy (non-hydrogen) atoms. The van der Waals surface area contributed by atoms with Gasteiger partial charge in [-0.15, -0.1) is 0 Å². The predicted molar refractivity (Wildman–Crippen MR) is 55.4 cm³/mol. The minimum Gasteiger partial charge on any atom is -0.380 e. The van der Waals surface area contributed by atoms with Crippen LogP contribution in [0, 0.1) is 5.92 Å². The van der Waals surface area contributed by atoms with Crippen molar-refractivity contribution in [3.8, 4) is 0 Å². The molecule has 2 N–H and O–H groups in total. The third-order valence-electron chi connectivity index (χ3n) is 2.59. The largest absolute Gasteiger partial charge is 0.380 e. The van der Waals surface area contributed by atoms with Crippen LogP contribution in [-0.2, 0) is 14.8 Å². The molecule has 5 heteroatoms. The zero-order valence-electron chi connectivity index (χ0n) is 8.44. The van der Waals surface area contributed by atoms with Crippen molar-refractivity contribution in [2.45, 2.75) is 32.1 Å². The van der Waals surface area contributed by atoms with Crippen molar-refractivity contribution >= 4 is 10.0 Å². The second kappa shape index (κ2) is 5.68. The van der Waals surface area contributed by atoms with Gasteiger partial charge in [-0.1, -0.05) is 19.3 Å². The molecule has 1 aliphatic rings. The van der Waals surface area contributed by atoms with Gasteiger partial charge in [-0.2, -0.15) is 0 Å². The topological polar surface area (TPSA) is 69.4 Å². The third-order valence-corrected chi connectivity index (χ3v) is 3.33. The van der Waals surface area contributed by atoms with E-state index in [4.69, 9.17) is 9.88 Å². The normalized spacial score (nSPS) is 19.8. The highest BCUT2D eigenvalue weighted by molar-refractivity contribution is 7.89. The molecule has 84 valence electrons. The van der Waals surface area contributed by atoms with E-state index in [1.165, 1.54) is 32.1 Å². The van der Waals surface area contributed by atoms with E-state index in [-0.39, 0.29) is 12.4 Å². The van der Waals surface area contributed by atoms with Crippen LogP contribution < -0.4 is 5.14 Å². The van der Waals surface area contributed by atoms with Crippen molar-refractivity contribution in [2.24, 2.45) is 11.1 Å². The smallest absolute Gasteiger partial charge is 0.211 e. The highest BCUT2D eigenvalue weighted by atomic mass is 32.2. The molecule has 1 rings (SSSR count). The lowest BCUT2D eigenvalue weighted by Crippen LogP contribution is -2.22. The van der Waals surface area contributed by atoms with Gasteiger partial charge >= 0.3 is 0 Å². The van der Waals surface area contributed by atoms with Crippen LogP contribution in [-0.4, -0.2) is 27.4 Å². The van der Waals surface area contributed by atoms with Crippen molar-refractivity contribution in [1.29, 1.82) is 0 Å². The Labute approximate surface area is 85.9 Å². The number of ether oxygens (including phenoxy) is 1. The predicted octanol–water partition coefficient (Wildman–Crippen LogP) is 0.872. The quantitative estimate of drug-likeness (QED) is 0.700. The van der Waals surface area contributed by atoms with E-state index in [9.17, 15) is 8.42 Å². The lowest BCUT2D eigenvalue weighted by molar-refractivity contribution is 0.0960. The fourth-order valence-electron chi connectivity index (χ4n) is 1.78. The van der Waals surface area contributed by atoms with Gasteiger partial charge in [-0.3, -0.25) is 0 Å². The van der Waals surface area contributed by atoms with Gasteiger partial charge in [-0.05, 0) is 18.8 Å². The van der Waals surface area contributed by atoms with Crippen molar-refractivity contribution < 1.29 is 13.2 Å². The summed E-state index contributed by atoms with van der Waals surface area (Å²) in [7, 11) is -3.35. The van der Waals surface area contributed by atoms with Gasteiger partial charge in [-0.25, -0.2) is 13.6 Å². The first-order chi connectivity index (χ1) is 6.58. The number of nitrogens with two attached hydrogens (primary N) is 1. The number of hydrogen-bond acceptors (Lipinski definition) is 3. The number of sulfonamides is 1. The van der Waals surface area contributed by atoms with Crippen LogP contribution in [0.3, 0.4) is 0 Å². The molecule has 0 bridgehead atoms. The Kier molecular flexibility index (Phi) is 4.84.